The van der Waals surface area contributed by atoms with Crippen molar-refractivity contribution < 1.29 is 24.2 Å². The van der Waals surface area contributed by atoms with Crippen molar-refractivity contribution in [2.24, 2.45) is 0 Å². The number of Topliss-reactive ketones (excluding diaryl/α,β-unsaturated/α-hetero) is 1. The highest BCUT2D eigenvalue weighted by molar-refractivity contribution is 6.51. The summed E-state index contributed by atoms with van der Waals surface area (Å²) in [4.78, 5) is 31.9. The first-order valence-corrected chi connectivity index (χ1v) is 10.6. The molecule has 33 heavy (non-hydrogen) atoms. The number of aryl methyl sites for hydroxylation is 1. The Morgan fingerprint density at radius 1 is 1.06 bits per heavy atom. The van der Waals surface area contributed by atoms with Gasteiger partial charge in [-0.3, -0.25) is 19.5 Å². The normalized spacial score (nSPS) is 17.3. The number of carbonyl (C=O) groups excluding carboxylic acids is 2. The van der Waals surface area contributed by atoms with Crippen LogP contribution in [0.15, 0.2) is 72.6 Å². The molecule has 1 aliphatic heterocycles. The van der Waals surface area contributed by atoms with Crippen LogP contribution < -0.4 is 14.4 Å². The number of ketones is 1. The van der Waals surface area contributed by atoms with Crippen LogP contribution >= 0.6 is 0 Å². The number of benzene rings is 2. The Kier molecular flexibility index (Phi) is 6.13. The summed E-state index contributed by atoms with van der Waals surface area (Å²) in [7, 11) is 1.50. The third kappa shape index (κ3) is 3.93. The lowest BCUT2D eigenvalue weighted by molar-refractivity contribution is -0.132. The molecule has 0 bridgehead atoms. The van der Waals surface area contributed by atoms with E-state index in [0.717, 1.165) is 5.56 Å². The van der Waals surface area contributed by atoms with Gasteiger partial charge < -0.3 is 14.6 Å². The van der Waals surface area contributed by atoms with E-state index in [4.69, 9.17) is 9.47 Å². The Morgan fingerprint density at radius 2 is 1.79 bits per heavy atom. The Morgan fingerprint density at radius 3 is 2.45 bits per heavy atom. The molecule has 168 valence electrons. The van der Waals surface area contributed by atoms with Gasteiger partial charge in [-0.15, -0.1) is 0 Å². The minimum atomic E-state index is -0.851. The summed E-state index contributed by atoms with van der Waals surface area (Å²) < 4.78 is 11.0. The van der Waals surface area contributed by atoms with E-state index in [9.17, 15) is 14.7 Å². The third-order valence-corrected chi connectivity index (χ3v) is 5.56. The number of ether oxygens (including phenoxy) is 2. The molecule has 1 aliphatic rings. The number of hydrogen-bond acceptors (Lipinski definition) is 6. The number of aliphatic hydroxyl groups excluding tert-OH is 1. The van der Waals surface area contributed by atoms with Gasteiger partial charge in [-0.1, -0.05) is 12.1 Å². The highest BCUT2D eigenvalue weighted by Gasteiger charge is 2.47. The lowest BCUT2D eigenvalue weighted by atomic mass is 9.95. The number of pyridine rings is 1. The first-order valence-electron chi connectivity index (χ1n) is 10.6. The smallest absolute Gasteiger partial charge is 0.300 e. The fraction of sp³-hybridized carbons (Fsp3) is 0.192. The number of amides is 1. The molecule has 1 saturated heterocycles. The minimum Gasteiger partial charge on any atom is -0.507 e. The summed E-state index contributed by atoms with van der Waals surface area (Å²) >= 11 is 0. The molecule has 1 N–H and O–H groups in total. The van der Waals surface area contributed by atoms with Gasteiger partial charge in [0.25, 0.3) is 11.7 Å². The van der Waals surface area contributed by atoms with Gasteiger partial charge in [0, 0.05) is 18.0 Å². The predicted octanol–water partition coefficient (Wildman–Crippen LogP) is 4.42. The summed E-state index contributed by atoms with van der Waals surface area (Å²) in [6, 6.07) is 14.7. The van der Waals surface area contributed by atoms with Crippen molar-refractivity contribution in [2.45, 2.75) is 19.9 Å². The maximum Gasteiger partial charge on any atom is 0.300 e. The van der Waals surface area contributed by atoms with Gasteiger partial charge in [-0.25, -0.2) is 0 Å². The zero-order valence-corrected chi connectivity index (χ0v) is 18.6. The molecule has 1 unspecified atom stereocenters. The van der Waals surface area contributed by atoms with E-state index in [-0.39, 0.29) is 11.3 Å². The number of rotatable bonds is 6. The third-order valence-electron chi connectivity index (χ3n) is 5.56. The Bertz CT molecular complexity index is 1240. The van der Waals surface area contributed by atoms with Crippen LogP contribution in [0.2, 0.25) is 0 Å². The molecular weight excluding hydrogens is 420 g/mol. The molecule has 1 aromatic heterocycles. The first kappa shape index (κ1) is 22.1. The number of anilines is 1. The number of aromatic nitrogens is 1. The van der Waals surface area contributed by atoms with Crippen LogP contribution in [0.3, 0.4) is 0 Å². The lowest BCUT2D eigenvalue weighted by Gasteiger charge is -2.26. The van der Waals surface area contributed by atoms with Crippen LogP contribution in [0.5, 0.6) is 11.5 Å². The molecule has 1 atom stereocenters. The number of hydrogen-bond donors (Lipinski definition) is 1. The van der Waals surface area contributed by atoms with Crippen LogP contribution in [0.25, 0.3) is 5.76 Å². The van der Waals surface area contributed by atoms with E-state index in [1.165, 1.54) is 12.0 Å². The second kappa shape index (κ2) is 9.16. The Labute approximate surface area is 191 Å². The summed E-state index contributed by atoms with van der Waals surface area (Å²) in [6.45, 7) is 4.26. The summed E-state index contributed by atoms with van der Waals surface area (Å²) in [5.74, 6) is -0.638. The van der Waals surface area contributed by atoms with Crippen LogP contribution in [0, 0.1) is 6.92 Å². The van der Waals surface area contributed by atoms with Crippen molar-refractivity contribution in [1.82, 2.24) is 4.98 Å². The second-order valence-corrected chi connectivity index (χ2v) is 7.53. The van der Waals surface area contributed by atoms with E-state index in [1.54, 1.807) is 67.0 Å². The van der Waals surface area contributed by atoms with Crippen molar-refractivity contribution in [1.29, 1.82) is 0 Å². The number of methoxy groups -OCH3 is 1. The lowest BCUT2D eigenvalue weighted by Crippen LogP contribution is -2.29. The van der Waals surface area contributed by atoms with E-state index in [0.29, 0.717) is 34.9 Å². The van der Waals surface area contributed by atoms with Gasteiger partial charge in [-0.2, -0.15) is 0 Å². The van der Waals surface area contributed by atoms with Crippen molar-refractivity contribution in [2.75, 3.05) is 18.6 Å². The topological polar surface area (TPSA) is 89.0 Å². The monoisotopic (exact) mass is 444 g/mol. The quantitative estimate of drug-likeness (QED) is 0.344. The number of nitrogens with zero attached hydrogens (tertiary/aromatic N) is 2. The fourth-order valence-electron chi connectivity index (χ4n) is 4.04. The SMILES string of the molecule is CCOc1ccc(/C(O)=C2/C(=O)C(=O)N(c3ccccc3OC)C2c2ccncc2)cc1C. The second-order valence-electron chi connectivity index (χ2n) is 7.53. The molecule has 2 heterocycles. The zero-order valence-electron chi connectivity index (χ0n) is 18.6. The average Bonchev–Trinajstić information content (AvgIpc) is 3.10. The van der Waals surface area contributed by atoms with E-state index in [2.05, 4.69) is 4.98 Å². The summed E-state index contributed by atoms with van der Waals surface area (Å²) in [5.41, 5.74) is 2.30. The molecule has 7 nitrogen and oxygen atoms in total. The number of aliphatic hydroxyl groups is 1. The molecule has 0 spiro atoms. The van der Waals surface area contributed by atoms with Gasteiger partial charge in [-0.05, 0) is 67.4 Å². The standard InChI is InChI=1S/C26H24N2O5/c1-4-33-20-10-9-18(15-16(20)2)24(29)22-23(17-11-13-27-14-12-17)28(26(31)25(22)30)19-7-5-6-8-21(19)32-3/h5-15,23,29H,4H2,1-3H3/b24-22-. The molecular formula is C26H24N2O5. The maximum atomic E-state index is 13.3. The highest BCUT2D eigenvalue weighted by atomic mass is 16.5. The first-order chi connectivity index (χ1) is 16.0. The molecule has 1 fully saturated rings. The minimum absolute atomic E-state index is 0.000617. The molecule has 0 aliphatic carbocycles. The number of para-hydroxylation sites is 2. The summed E-state index contributed by atoms with van der Waals surface area (Å²) in [5, 5.41) is 11.3. The Hall–Kier alpha value is -4.13. The van der Waals surface area contributed by atoms with Gasteiger partial charge >= 0.3 is 0 Å². The molecule has 1 amide bonds. The molecule has 2 aromatic carbocycles. The van der Waals surface area contributed by atoms with Crippen molar-refractivity contribution in [3.63, 3.8) is 0 Å². The Balaban J connectivity index is 1.92. The van der Waals surface area contributed by atoms with E-state index < -0.39 is 17.7 Å². The molecule has 7 heteroatoms. The average molecular weight is 444 g/mol. The highest BCUT2D eigenvalue weighted by Crippen LogP contribution is 2.44. The van der Waals surface area contributed by atoms with Gasteiger partial charge in [0.2, 0.25) is 0 Å². The summed E-state index contributed by atoms with van der Waals surface area (Å²) in [6.07, 6.45) is 3.16. The molecule has 4 rings (SSSR count). The van der Waals surface area contributed by atoms with E-state index in [1.807, 2.05) is 13.8 Å². The van der Waals surface area contributed by atoms with Gasteiger partial charge in [0.1, 0.15) is 17.3 Å². The zero-order chi connectivity index (χ0) is 23.5. The van der Waals surface area contributed by atoms with Crippen LogP contribution in [-0.4, -0.2) is 35.5 Å². The van der Waals surface area contributed by atoms with Crippen molar-refractivity contribution >= 4 is 23.1 Å². The van der Waals surface area contributed by atoms with Gasteiger partial charge in [0.05, 0.1) is 31.0 Å². The molecule has 0 radical (unpaired) electrons. The molecule has 3 aromatic rings. The van der Waals surface area contributed by atoms with Crippen LogP contribution in [0.1, 0.15) is 29.7 Å². The van der Waals surface area contributed by atoms with Crippen LogP contribution in [-0.2, 0) is 9.59 Å². The largest absolute Gasteiger partial charge is 0.507 e. The predicted molar refractivity (Wildman–Crippen MR) is 124 cm³/mol. The fourth-order valence-corrected chi connectivity index (χ4v) is 4.04. The maximum absolute atomic E-state index is 13.3. The van der Waals surface area contributed by atoms with Crippen molar-refractivity contribution in [3.8, 4) is 11.5 Å². The van der Waals surface area contributed by atoms with Crippen molar-refractivity contribution in [3.05, 3.63) is 89.3 Å². The molecule has 0 saturated carbocycles. The van der Waals surface area contributed by atoms with Gasteiger partial charge in [0.15, 0.2) is 0 Å². The van der Waals surface area contributed by atoms with Crippen LogP contribution in [0.4, 0.5) is 5.69 Å². The number of carbonyl (C=O) groups is 2. The van der Waals surface area contributed by atoms with E-state index >= 15 is 0 Å².